The molecule has 0 spiro atoms. The van der Waals surface area contributed by atoms with E-state index in [1.54, 1.807) is 18.3 Å². The largest absolute Gasteiger partial charge is 0.480 e. The molecule has 0 radical (unpaired) electrons. The molecule has 1 aromatic rings. The van der Waals surface area contributed by atoms with E-state index in [1.165, 1.54) is 0 Å². The Kier molecular flexibility index (Phi) is 3.55. The van der Waals surface area contributed by atoms with Gasteiger partial charge >= 0.3 is 5.97 Å². The molecule has 0 bridgehead atoms. The summed E-state index contributed by atoms with van der Waals surface area (Å²) in [6.07, 6.45) is 3.39. The number of aliphatic carboxylic acids is 1. The van der Waals surface area contributed by atoms with Crippen molar-refractivity contribution in [1.29, 1.82) is 0 Å². The number of nitrogens with zero attached hydrogens (tertiary/aromatic N) is 1. The molecule has 2 rings (SSSR count). The smallest absolute Gasteiger partial charge is 0.326 e. The third kappa shape index (κ3) is 3.12. The van der Waals surface area contributed by atoms with Crippen LogP contribution in [0.3, 0.4) is 0 Å². The minimum absolute atomic E-state index is 0.315. The molecule has 1 aliphatic carbocycles. The number of primary amides is 1. The molecule has 7 heteroatoms. The molecular weight excluding hydrogens is 250 g/mol. The normalized spacial score (nSPS) is 15.8. The van der Waals surface area contributed by atoms with Gasteiger partial charge in [-0.1, -0.05) is 0 Å². The lowest BCUT2D eigenvalue weighted by Crippen LogP contribution is -2.43. The predicted octanol–water partition coefficient (Wildman–Crippen LogP) is -0.119. The number of carboxylic acid groups (broad SMARTS) is 1. The third-order valence-corrected chi connectivity index (χ3v) is 2.96. The maximum Gasteiger partial charge on any atom is 0.326 e. The number of aromatic nitrogens is 1. The summed E-state index contributed by atoms with van der Waals surface area (Å²) in [7, 11) is 0. The van der Waals surface area contributed by atoms with Crippen molar-refractivity contribution in [2.75, 3.05) is 0 Å². The number of amides is 2. The van der Waals surface area contributed by atoms with Gasteiger partial charge in [0.25, 0.3) is 5.91 Å². The quantitative estimate of drug-likeness (QED) is 0.665. The first kappa shape index (κ1) is 13.1. The van der Waals surface area contributed by atoms with Gasteiger partial charge in [-0.15, -0.1) is 0 Å². The van der Waals surface area contributed by atoms with Gasteiger partial charge in [-0.05, 0) is 25.0 Å². The van der Waals surface area contributed by atoms with E-state index >= 15 is 0 Å². The molecule has 1 heterocycles. The summed E-state index contributed by atoms with van der Waals surface area (Å²) in [5, 5.41) is 11.2. The van der Waals surface area contributed by atoms with Crippen molar-refractivity contribution in [3.63, 3.8) is 0 Å². The van der Waals surface area contributed by atoms with Gasteiger partial charge in [-0.2, -0.15) is 0 Å². The van der Waals surface area contributed by atoms with Crippen molar-refractivity contribution >= 4 is 17.8 Å². The second-order valence-corrected chi connectivity index (χ2v) is 4.57. The average Bonchev–Trinajstić information content (AvgIpc) is 3.05. The monoisotopic (exact) mass is 265 g/mol. The molecule has 0 aromatic carbocycles. The fourth-order valence-electron chi connectivity index (χ4n) is 1.89. The van der Waals surface area contributed by atoms with Crippen LogP contribution in [-0.4, -0.2) is 33.5 Å². The summed E-state index contributed by atoms with van der Waals surface area (Å²) in [6.45, 7) is 0. The van der Waals surface area contributed by atoms with Gasteiger partial charge in [-0.3, -0.25) is 9.59 Å². The van der Waals surface area contributed by atoms with E-state index < -0.39 is 30.2 Å². The predicted molar refractivity (Wildman–Crippen MR) is 65.4 cm³/mol. The first-order valence-corrected chi connectivity index (χ1v) is 5.98. The maximum atomic E-state index is 12.0. The molecule has 4 N–H and O–H groups in total. The second kappa shape index (κ2) is 5.13. The number of carbonyl (C=O) groups excluding carboxylic acids is 2. The van der Waals surface area contributed by atoms with E-state index in [1.807, 2.05) is 4.57 Å². The minimum Gasteiger partial charge on any atom is -0.480 e. The highest BCUT2D eigenvalue weighted by Crippen LogP contribution is 2.35. The fraction of sp³-hybridized carbons (Fsp3) is 0.417. The van der Waals surface area contributed by atoms with E-state index in [-0.39, 0.29) is 0 Å². The van der Waals surface area contributed by atoms with Crippen LogP contribution in [0, 0.1) is 0 Å². The van der Waals surface area contributed by atoms with Gasteiger partial charge in [-0.25, -0.2) is 4.79 Å². The van der Waals surface area contributed by atoms with E-state index in [9.17, 15) is 14.4 Å². The van der Waals surface area contributed by atoms with Crippen LogP contribution in [0.25, 0.3) is 0 Å². The van der Waals surface area contributed by atoms with Gasteiger partial charge in [0, 0.05) is 12.2 Å². The third-order valence-electron chi connectivity index (χ3n) is 2.96. The number of nitrogens with one attached hydrogen (secondary N) is 1. The van der Waals surface area contributed by atoms with Crippen LogP contribution < -0.4 is 11.1 Å². The van der Waals surface area contributed by atoms with Gasteiger partial charge < -0.3 is 20.7 Å². The van der Waals surface area contributed by atoms with Crippen LogP contribution in [-0.2, 0) is 9.59 Å². The summed E-state index contributed by atoms with van der Waals surface area (Å²) < 4.78 is 1.82. The Morgan fingerprint density at radius 1 is 1.47 bits per heavy atom. The molecule has 1 fully saturated rings. The Morgan fingerprint density at radius 3 is 2.68 bits per heavy atom. The summed E-state index contributed by atoms with van der Waals surface area (Å²) in [5.74, 6) is -2.56. The van der Waals surface area contributed by atoms with Gasteiger partial charge in [0.2, 0.25) is 5.91 Å². The number of rotatable bonds is 6. The number of nitrogens with two attached hydrogens (primary N) is 1. The van der Waals surface area contributed by atoms with E-state index in [4.69, 9.17) is 10.8 Å². The lowest BCUT2D eigenvalue weighted by molar-refractivity contribution is -0.140. The molecule has 1 saturated carbocycles. The van der Waals surface area contributed by atoms with Crippen molar-refractivity contribution in [1.82, 2.24) is 9.88 Å². The molecular formula is C12H15N3O4. The van der Waals surface area contributed by atoms with Crippen molar-refractivity contribution in [3.05, 3.63) is 24.0 Å². The zero-order chi connectivity index (χ0) is 14.0. The molecule has 0 saturated heterocycles. The zero-order valence-corrected chi connectivity index (χ0v) is 10.2. The molecule has 1 atom stereocenters. The molecule has 0 aliphatic heterocycles. The van der Waals surface area contributed by atoms with Crippen LogP contribution >= 0.6 is 0 Å². The van der Waals surface area contributed by atoms with Crippen molar-refractivity contribution in [2.24, 2.45) is 5.73 Å². The molecule has 102 valence electrons. The molecule has 2 amide bonds. The Morgan fingerprint density at radius 2 is 2.16 bits per heavy atom. The minimum atomic E-state index is -1.30. The van der Waals surface area contributed by atoms with E-state index in [2.05, 4.69) is 5.32 Å². The highest BCUT2D eigenvalue weighted by molar-refractivity contribution is 5.96. The zero-order valence-electron chi connectivity index (χ0n) is 10.2. The standard InChI is InChI=1S/C12H15N3O4/c13-10(16)6-8(12(18)19)14-11(17)9-2-1-5-15(9)7-3-4-7/h1-2,5,7-8H,3-4,6H2,(H2,13,16)(H,14,17)(H,18,19)/t8-/m0/s1. The van der Waals surface area contributed by atoms with Gasteiger partial charge in [0.1, 0.15) is 11.7 Å². The summed E-state index contributed by atoms with van der Waals surface area (Å²) in [4.78, 5) is 33.7. The lowest BCUT2D eigenvalue weighted by atomic mass is 10.2. The molecule has 1 aromatic heterocycles. The summed E-state index contributed by atoms with van der Waals surface area (Å²) in [6, 6.07) is 2.37. The van der Waals surface area contributed by atoms with Gasteiger partial charge in [0.05, 0.1) is 6.42 Å². The van der Waals surface area contributed by atoms with E-state index in [0.717, 1.165) is 12.8 Å². The molecule has 0 unspecified atom stereocenters. The Hall–Kier alpha value is -2.31. The van der Waals surface area contributed by atoms with Gasteiger partial charge in [0.15, 0.2) is 0 Å². The summed E-state index contributed by atoms with van der Waals surface area (Å²) >= 11 is 0. The first-order chi connectivity index (χ1) is 8.99. The number of carbonyl (C=O) groups is 3. The van der Waals surface area contributed by atoms with Crippen molar-refractivity contribution in [3.8, 4) is 0 Å². The van der Waals surface area contributed by atoms with Crippen LogP contribution in [0.4, 0.5) is 0 Å². The first-order valence-electron chi connectivity index (χ1n) is 5.98. The number of carboxylic acids is 1. The van der Waals surface area contributed by atoms with Crippen LogP contribution in [0.1, 0.15) is 35.8 Å². The number of hydrogen-bond acceptors (Lipinski definition) is 3. The molecule has 7 nitrogen and oxygen atoms in total. The SMILES string of the molecule is NC(=O)C[C@H](NC(=O)c1cccn1C1CC1)C(=O)O. The molecule has 19 heavy (non-hydrogen) atoms. The highest BCUT2D eigenvalue weighted by atomic mass is 16.4. The van der Waals surface area contributed by atoms with Crippen molar-refractivity contribution in [2.45, 2.75) is 31.3 Å². The molecule has 1 aliphatic rings. The lowest BCUT2D eigenvalue weighted by Gasteiger charge is -2.14. The average molecular weight is 265 g/mol. The highest BCUT2D eigenvalue weighted by Gasteiger charge is 2.29. The van der Waals surface area contributed by atoms with Crippen LogP contribution in [0.15, 0.2) is 18.3 Å². The van der Waals surface area contributed by atoms with Crippen molar-refractivity contribution < 1.29 is 19.5 Å². The number of hydrogen-bond donors (Lipinski definition) is 3. The van der Waals surface area contributed by atoms with Crippen LogP contribution in [0.2, 0.25) is 0 Å². The Labute approximate surface area is 109 Å². The Bertz CT molecular complexity index is 519. The topological polar surface area (TPSA) is 114 Å². The second-order valence-electron chi connectivity index (χ2n) is 4.57. The Balaban J connectivity index is 2.08. The fourth-order valence-corrected chi connectivity index (χ4v) is 1.89. The maximum absolute atomic E-state index is 12.0. The van der Waals surface area contributed by atoms with E-state index in [0.29, 0.717) is 11.7 Å². The summed E-state index contributed by atoms with van der Waals surface area (Å²) in [5.41, 5.74) is 5.36. The van der Waals surface area contributed by atoms with Crippen LogP contribution in [0.5, 0.6) is 0 Å².